The molecule has 1 nitrogen and oxygen atoms in total. The molecule has 1 heteroatoms. The molecule has 0 aliphatic heterocycles. The van der Waals surface area contributed by atoms with Gasteiger partial charge in [0.2, 0.25) is 0 Å². The average molecular weight is 215 g/mol. The smallest absolute Gasteiger partial charge is 0.0297 e. The van der Waals surface area contributed by atoms with E-state index in [1.807, 2.05) is 57.3 Å². The van der Waals surface area contributed by atoms with E-state index in [2.05, 4.69) is 24.0 Å². The predicted molar refractivity (Wildman–Crippen MR) is 71.5 cm³/mol. The second-order valence-corrected chi connectivity index (χ2v) is 3.19. The van der Waals surface area contributed by atoms with Gasteiger partial charge in [0.05, 0.1) is 0 Å². The molecule has 0 bridgehead atoms. The predicted octanol–water partition coefficient (Wildman–Crippen LogP) is 4.41. The van der Waals surface area contributed by atoms with Gasteiger partial charge in [0.1, 0.15) is 0 Å². The van der Waals surface area contributed by atoms with Crippen LogP contribution in [0, 0.1) is 13.8 Å². The van der Waals surface area contributed by atoms with Gasteiger partial charge in [0, 0.05) is 12.4 Å². The highest BCUT2D eigenvalue weighted by Crippen LogP contribution is 1.92. The number of hydrogen-bond donors (Lipinski definition) is 0. The van der Waals surface area contributed by atoms with E-state index in [1.54, 1.807) is 6.20 Å². The minimum absolute atomic E-state index is 1.21. The van der Waals surface area contributed by atoms with Crippen LogP contribution in [0.5, 0.6) is 0 Å². The van der Waals surface area contributed by atoms with Crippen molar-refractivity contribution in [3.63, 3.8) is 0 Å². The molecule has 0 fully saturated rings. The largest absolute Gasteiger partial charge is 0.264 e. The third kappa shape index (κ3) is 7.74. The fraction of sp³-hybridized carbons (Fsp3) is 0.267. The van der Waals surface area contributed by atoms with Crippen molar-refractivity contribution in [2.75, 3.05) is 0 Å². The lowest BCUT2D eigenvalue weighted by Crippen LogP contribution is -1.69. The Morgan fingerprint density at radius 2 is 1.31 bits per heavy atom. The molecule has 0 amide bonds. The summed E-state index contributed by atoms with van der Waals surface area (Å²) in [5, 5.41) is 0. The number of benzene rings is 1. The SMILES string of the molecule is CC.Cc1ccccc1.Cc1cccnc1. The molecule has 0 radical (unpaired) electrons. The van der Waals surface area contributed by atoms with Crippen molar-refractivity contribution in [3.05, 3.63) is 66.0 Å². The molecule has 0 saturated heterocycles. The molecule has 16 heavy (non-hydrogen) atoms. The maximum Gasteiger partial charge on any atom is 0.0297 e. The first-order chi connectivity index (χ1) is 7.79. The quantitative estimate of drug-likeness (QED) is 0.634. The Labute approximate surface area is 99.2 Å². The van der Waals surface area contributed by atoms with E-state index in [1.165, 1.54) is 11.1 Å². The zero-order valence-electron chi connectivity index (χ0n) is 10.6. The molecule has 0 spiro atoms. The highest BCUT2D eigenvalue weighted by atomic mass is 14.6. The number of rotatable bonds is 0. The molecule has 1 heterocycles. The summed E-state index contributed by atoms with van der Waals surface area (Å²) in [5.41, 5.74) is 2.53. The molecular formula is C15H21N. The Bertz CT molecular complexity index is 303. The van der Waals surface area contributed by atoms with Gasteiger partial charge in [-0.3, -0.25) is 4.98 Å². The van der Waals surface area contributed by atoms with Crippen LogP contribution < -0.4 is 0 Å². The molecule has 0 N–H and O–H groups in total. The van der Waals surface area contributed by atoms with E-state index in [0.29, 0.717) is 0 Å². The topological polar surface area (TPSA) is 12.9 Å². The number of nitrogens with zero attached hydrogens (tertiary/aromatic N) is 1. The maximum absolute atomic E-state index is 3.88. The van der Waals surface area contributed by atoms with E-state index in [0.717, 1.165) is 0 Å². The third-order valence-corrected chi connectivity index (χ3v) is 1.75. The standard InChI is InChI=1S/C7H8.C6H7N.C2H6/c1-7-5-3-2-4-6-7;1-6-3-2-4-7-5-6;1-2/h2-6H,1H3;2-5H,1H3;1-2H3. The van der Waals surface area contributed by atoms with Crippen molar-refractivity contribution in [1.29, 1.82) is 0 Å². The van der Waals surface area contributed by atoms with E-state index < -0.39 is 0 Å². The van der Waals surface area contributed by atoms with Crippen molar-refractivity contribution in [2.24, 2.45) is 0 Å². The van der Waals surface area contributed by atoms with Gasteiger partial charge < -0.3 is 0 Å². The minimum atomic E-state index is 1.21. The highest BCUT2D eigenvalue weighted by Gasteiger charge is 1.73. The molecular weight excluding hydrogens is 194 g/mol. The van der Waals surface area contributed by atoms with Gasteiger partial charge in [-0.1, -0.05) is 55.8 Å². The van der Waals surface area contributed by atoms with Crippen LogP contribution in [0.3, 0.4) is 0 Å². The lowest BCUT2D eigenvalue weighted by molar-refractivity contribution is 1.27. The Kier molecular flexibility index (Phi) is 8.90. The van der Waals surface area contributed by atoms with Crippen LogP contribution in [-0.4, -0.2) is 4.98 Å². The summed E-state index contributed by atoms with van der Waals surface area (Å²) in [6, 6.07) is 14.2. The van der Waals surface area contributed by atoms with Gasteiger partial charge >= 0.3 is 0 Å². The maximum atomic E-state index is 3.88. The summed E-state index contributed by atoms with van der Waals surface area (Å²) >= 11 is 0. The summed E-state index contributed by atoms with van der Waals surface area (Å²) in [4.78, 5) is 3.88. The first-order valence-corrected chi connectivity index (χ1v) is 5.67. The first-order valence-electron chi connectivity index (χ1n) is 5.67. The molecule has 0 aliphatic rings. The lowest BCUT2D eigenvalue weighted by Gasteiger charge is -1.82. The summed E-state index contributed by atoms with van der Waals surface area (Å²) in [7, 11) is 0. The zero-order valence-corrected chi connectivity index (χ0v) is 10.6. The second-order valence-electron chi connectivity index (χ2n) is 3.19. The van der Waals surface area contributed by atoms with E-state index in [-0.39, 0.29) is 0 Å². The number of hydrogen-bond acceptors (Lipinski definition) is 1. The van der Waals surface area contributed by atoms with Crippen molar-refractivity contribution in [2.45, 2.75) is 27.7 Å². The van der Waals surface area contributed by atoms with Crippen molar-refractivity contribution in [3.8, 4) is 0 Å². The van der Waals surface area contributed by atoms with Gasteiger partial charge in [-0.05, 0) is 25.5 Å². The summed E-state index contributed by atoms with van der Waals surface area (Å²) < 4.78 is 0. The molecule has 0 aliphatic carbocycles. The summed E-state index contributed by atoms with van der Waals surface area (Å²) in [6.45, 7) is 8.10. The Hall–Kier alpha value is -1.63. The van der Waals surface area contributed by atoms with Gasteiger partial charge in [-0.25, -0.2) is 0 Å². The normalized spacial score (nSPS) is 8.00. The Morgan fingerprint density at radius 3 is 1.56 bits per heavy atom. The Balaban J connectivity index is 0.000000244. The minimum Gasteiger partial charge on any atom is -0.264 e. The second kappa shape index (κ2) is 9.91. The van der Waals surface area contributed by atoms with Crippen molar-refractivity contribution in [1.82, 2.24) is 4.98 Å². The van der Waals surface area contributed by atoms with Crippen LogP contribution in [0.2, 0.25) is 0 Å². The number of aromatic nitrogens is 1. The first kappa shape index (κ1) is 14.4. The molecule has 1 aromatic carbocycles. The van der Waals surface area contributed by atoms with Crippen LogP contribution in [0.15, 0.2) is 54.9 Å². The molecule has 2 rings (SSSR count). The van der Waals surface area contributed by atoms with Crippen LogP contribution in [0.1, 0.15) is 25.0 Å². The van der Waals surface area contributed by atoms with Gasteiger partial charge in [0.25, 0.3) is 0 Å². The van der Waals surface area contributed by atoms with Gasteiger partial charge in [0.15, 0.2) is 0 Å². The molecule has 1 aromatic heterocycles. The summed E-state index contributed by atoms with van der Waals surface area (Å²) in [5.74, 6) is 0. The lowest BCUT2D eigenvalue weighted by atomic mass is 10.2. The summed E-state index contributed by atoms with van der Waals surface area (Å²) in [6.07, 6.45) is 3.60. The molecule has 86 valence electrons. The zero-order chi connectivity index (χ0) is 12.2. The third-order valence-electron chi connectivity index (χ3n) is 1.75. The molecule has 0 saturated carbocycles. The molecule has 2 aromatic rings. The van der Waals surface area contributed by atoms with E-state index in [4.69, 9.17) is 0 Å². The van der Waals surface area contributed by atoms with Crippen LogP contribution in [-0.2, 0) is 0 Å². The highest BCUT2D eigenvalue weighted by molar-refractivity contribution is 5.11. The van der Waals surface area contributed by atoms with Crippen molar-refractivity contribution >= 4 is 0 Å². The fourth-order valence-electron chi connectivity index (χ4n) is 0.983. The van der Waals surface area contributed by atoms with Crippen LogP contribution in [0.25, 0.3) is 0 Å². The van der Waals surface area contributed by atoms with Gasteiger partial charge in [-0.15, -0.1) is 0 Å². The van der Waals surface area contributed by atoms with Crippen LogP contribution in [0.4, 0.5) is 0 Å². The fourth-order valence-corrected chi connectivity index (χ4v) is 0.983. The monoisotopic (exact) mass is 215 g/mol. The Morgan fingerprint density at radius 1 is 0.750 bits per heavy atom. The van der Waals surface area contributed by atoms with Crippen molar-refractivity contribution < 1.29 is 0 Å². The van der Waals surface area contributed by atoms with E-state index in [9.17, 15) is 0 Å². The molecule has 0 atom stereocenters. The van der Waals surface area contributed by atoms with E-state index >= 15 is 0 Å². The van der Waals surface area contributed by atoms with Crippen LogP contribution >= 0.6 is 0 Å². The number of aryl methyl sites for hydroxylation is 2. The molecule has 0 unspecified atom stereocenters. The average Bonchev–Trinajstić information content (AvgIpc) is 2.34. The number of pyridine rings is 1. The van der Waals surface area contributed by atoms with Gasteiger partial charge in [-0.2, -0.15) is 0 Å².